The fraction of sp³-hybridized carbons (Fsp3) is 0.556. The van der Waals surface area contributed by atoms with Crippen molar-refractivity contribution in [3.8, 4) is 0 Å². The molecule has 2 amide bonds. The van der Waals surface area contributed by atoms with Gasteiger partial charge in [-0.25, -0.2) is 4.79 Å². The van der Waals surface area contributed by atoms with Gasteiger partial charge >= 0.3 is 12.0 Å². The molecule has 3 N–H and O–H groups in total. The number of rotatable bonds is 6. The molecule has 0 radical (unpaired) electrons. The first-order valence-corrected chi connectivity index (χ1v) is 8.52. The molecule has 6 nitrogen and oxygen atoms in total. The molecule has 2 atom stereocenters. The summed E-state index contributed by atoms with van der Waals surface area (Å²) in [6, 6.07) is 7.12. The maximum absolute atomic E-state index is 12.1. The second-order valence-electron chi connectivity index (χ2n) is 6.20. The number of hydrogen-bond acceptors (Lipinski definition) is 4. The second-order valence-corrected chi connectivity index (χ2v) is 6.20. The number of carbonyl (C=O) groups excluding carboxylic acids is 2. The summed E-state index contributed by atoms with van der Waals surface area (Å²) in [4.78, 5) is 22.8. The molecule has 1 saturated carbocycles. The van der Waals surface area contributed by atoms with Crippen molar-refractivity contribution in [1.82, 2.24) is 5.32 Å². The number of carbonyl (C=O) groups is 2. The van der Waals surface area contributed by atoms with Gasteiger partial charge in [-0.15, -0.1) is 0 Å². The third kappa shape index (κ3) is 6.20. The van der Waals surface area contributed by atoms with Crippen LogP contribution in [0.2, 0.25) is 0 Å². The molecule has 0 bridgehead atoms. The van der Waals surface area contributed by atoms with Crippen LogP contribution in [0.4, 0.5) is 10.5 Å². The highest BCUT2D eigenvalue weighted by molar-refractivity contribution is 5.89. The van der Waals surface area contributed by atoms with Crippen LogP contribution < -0.4 is 10.6 Å². The largest absolute Gasteiger partial charge is 0.466 e. The van der Waals surface area contributed by atoms with Gasteiger partial charge in [0.2, 0.25) is 0 Å². The van der Waals surface area contributed by atoms with Crippen molar-refractivity contribution < 1.29 is 19.4 Å². The lowest BCUT2D eigenvalue weighted by Gasteiger charge is -2.28. The molecule has 1 aromatic rings. The summed E-state index contributed by atoms with van der Waals surface area (Å²) < 4.78 is 4.91. The number of benzene rings is 1. The Labute approximate surface area is 142 Å². The predicted octanol–water partition coefficient (Wildman–Crippen LogP) is 2.61. The average molecular weight is 334 g/mol. The quantitative estimate of drug-likeness (QED) is 0.551. The van der Waals surface area contributed by atoms with Crippen LogP contribution in [0.15, 0.2) is 24.3 Å². The highest BCUT2D eigenvalue weighted by Gasteiger charge is 2.24. The van der Waals surface area contributed by atoms with E-state index in [0.717, 1.165) is 44.1 Å². The van der Waals surface area contributed by atoms with E-state index in [4.69, 9.17) is 4.74 Å². The van der Waals surface area contributed by atoms with E-state index in [2.05, 4.69) is 10.6 Å². The van der Waals surface area contributed by atoms with Crippen molar-refractivity contribution in [2.75, 3.05) is 11.9 Å². The number of nitrogens with one attached hydrogen (secondary N) is 2. The normalized spacial score (nSPS) is 20.2. The van der Waals surface area contributed by atoms with Gasteiger partial charge in [0.1, 0.15) is 0 Å². The van der Waals surface area contributed by atoms with Gasteiger partial charge in [0.15, 0.2) is 0 Å². The van der Waals surface area contributed by atoms with Gasteiger partial charge < -0.3 is 20.5 Å². The lowest BCUT2D eigenvalue weighted by molar-refractivity contribution is -0.141. The van der Waals surface area contributed by atoms with Crippen molar-refractivity contribution in [2.45, 2.75) is 57.6 Å². The topological polar surface area (TPSA) is 87.7 Å². The molecule has 1 aromatic carbocycles. The van der Waals surface area contributed by atoms with Gasteiger partial charge in [-0.1, -0.05) is 25.0 Å². The highest BCUT2D eigenvalue weighted by atomic mass is 16.5. The smallest absolute Gasteiger partial charge is 0.319 e. The van der Waals surface area contributed by atoms with Gasteiger partial charge in [-0.3, -0.25) is 4.79 Å². The Balaban J connectivity index is 1.80. The van der Waals surface area contributed by atoms with E-state index < -0.39 is 6.10 Å². The molecule has 0 unspecified atom stereocenters. The summed E-state index contributed by atoms with van der Waals surface area (Å²) >= 11 is 0. The Morgan fingerprint density at radius 1 is 1.29 bits per heavy atom. The second kappa shape index (κ2) is 9.27. The predicted molar refractivity (Wildman–Crippen MR) is 91.8 cm³/mol. The van der Waals surface area contributed by atoms with Crippen molar-refractivity contribution in [1.29, 1.82) is 0 Å². The monoisotopic (exact) mass is 334 g/mol. The van der Waals surface area contributed by atoms with Crippen LogP contribution in [-0.4, -0.2) is 35.9 Å². The van der Waals surface area contributed by atoms with Crippen LogP contribution in [0.5, 0.6) is 0 Å². The Morgan fingerprint density at radius 3 is 2.83 bits per heavy atom. The number of aliphatic hydroxyl groups is 1. The van der Waals surface area contributed by atoms with Crippen LogP contribution in [0.25, 0.3) is 0 Å². The zero-order valence-corrected chi connectivity index (χ0v) is 14.1. The van der Waals surface area contributed by atoms with Crippen LogP contribution in [-0.2, 0) is 16.0 Å². The lowest BCUT2D eigenvalue weighted by atomic mass is 9.93. The molecule has 2 rings (SSSR count). The van der Waals surface area contributed by atoms with E-state index >= 15 is 0 Å². The number of urea groups is 1. The maximum Gasteiger partial charge on any atom is 0.319 e. The van der Waals surface area contributed by atoms with E-state index in [-0.39, 0.29) is 18.0 Å². The molecule has 132 valence electrons. The fourth-order valence-electron chi connectivity index (χ4n) is 2.91. The molecule has 0 spiro atoms. The summed E-state index contributed by atoms with van der Waals surface area (Å²) in [5, 5.41) is 15.6. The first-order valence-electron chi connectivity index (χ1n) is 8.52. The average Bonchev–Trinajstić information content (AvgIpc) is 2.54. The minimum absolute atomic E-state index is 0.175. The lowest BCUT2D eigenvalue weighted by Crippen LogP contribution is -2.46. The Kier molecular flexibility index (Phi) is 7.06. The Bertz CT molecular complexity index is 562. The zero-order valence-electron chi connectivity index (χ0n) is 14.1. The van der Waals surface area contributed by atoms with E-state index in [1.807, 2.05) is 24.3 Å². The first kappa shape index (κ1) is 18.3. The summed E-state index contributed by atoms with van der Waals surface area (Å²) in [6.45, 7) is 1.79. The summed E-state index contributed by atoms with van der Waals surface area (Å²) in [7, 11) is 0. The van der Waals surface area contributed by atoms with Crippen molar-refractivity contribution in [3.63, 3.8) is 0 Å². The number of aryl methyl sites for hydroxylation is 1. The van der Waals surface area contributed by atoms with Crippen molar-refractivity contribution in [3.05, 3.63) is 29.8 Å². The molecule has 0 heterocycles. The molecule has 0 saturated heterocycles. The highest BCUT2D eigenvalue weighted by Crippen LogP contribution is 2.18. The van der Waals surface area contributed by atoms with Crippen LogP contribution in [0.3, 0.4) is 0 Å². The van der Waals surface area contributed by atoms with Gasteiger partial charge in [-0.2, -0.15) is 0 Å². The standard InChI is InChI=1S/C18H26N2O4/c1-13(21)24-11-5-7-14-6-4-8-15(12-14)19-18(23)20-16-9-2-3-10-17(16)22/h4,6,8,12,16-17,22H,2-3,5,7,9-11H2,1H3,(H2,19,20,23)/t16-,17-/m0/s1. The zero-order chi connectivity index (χ0) is 17.4. The van der Waals surface area contributed by atoms with Crippen LogP contribution >= 0.6 is 0 Å². The first-order chi connectivity index (χ1) is 11.5. The van der Waals surface area contributed by atoms with E-state index in [9.17, 15) is 14.7 Å². The van der Waals surface area contributed by atoms with Crippen molar-refractivity contribution in [2.24, 2.45) is 0 Å². The van der Waals surface area contributed by atoms with Crippen molar-refractivity contribution >= 4 is 17.7 Å². The minimum atomic E-state index is -0.461. The minimum Gasteiger partial charge on any atom is -0.466 e. The van der Waals surface area contributed by atoms with Gasteiger partial charge in [0.25, 0.3) is 0 Å². The third-order valence-electron chi connectivity index (χ3n) is 4.15. The molecular formula is C18H26N2O4. The third-order valence-corrected chi connectivity index (χ3v) is 4.15. The Hall–Kier alpha value is -2.08. The number of amides is 2. The van der Waals surface area contributed by atoms with Gasteiger partial charge in [0.05, 0.1) is 18.8 Å². The van der Waals surface area contributed by atoms with Crippen LogP contribution in [0.1, 0.15) is 44.6 Å². The van der Waals surface area contributed by atoms with Gasteiger partial charge in [-0.05, 0) is 43.4 Å². The molecule has 6 heteroatoms. The number of anilines is 1. The molecule has 24 heavy (non-hydrogen) atoms. The SMILES string of the molecule is CC(=O)OCCCc1cccc(NC(=O)N[C@H]2CCCC[C@@H]2O)c1. The maximum atomic E-state index is 12.1. The molecule has 1 fully saturated rings. The Morgan fingerprint density at radius 2 is 2.08 bits per heavy atom. The fourth-order valence-corrected chi connectivity index (χ4v) is 2.91. The van der Waals surface area contributed by atoms with Gasteiger partial charge in [0, 0.05) is 12.6 Å². The van der Waals surface area contributed by atoms with E-state index in [1.54, 1.807) is 0 Å². The molecule has 1 aliphatic rings. The summed E-state index contributed by atoms with van der Waals surface area (Å²) in [6.07, 6.45) is 4.64. The molecule has 0 aliphatic heterocycles. The number of hydrogen-bond donors (Lipinski definition) is 3. The number of ether oxygens (including phenoxy) is 1. The van der Waals surface area contributed by atoms with E-state index in [0.29, 0.717) is 12.3 Å². The number of aliphatic hydroxyl groups excluding tert-OH is 1. The summed E-state index contributed by atoms with van der Waals surface area (Å²) in [5.41, 5.74) is 1.78. The molecular weight excluding hydrogens is 308 g/mol. The molecule has 1 aliphatic carbocycles. The number of esters is 1. The van der Waals surface area contributed by atoms with E-state index in [1.165, 1.54) is 6.92 Å². The summed E-state index contributed by atoms with van der Waals surface area (Å²) in [5.74, 6) is -0.271. The van der Waals surface area contributed by atoms with Crippen LogP contribution in [0, 0.1) is 0 Å². The molecule has 0 aromatic heterocycles.